The van der Waals surface area contributed by atoms with Crippen LogP contribution in [0.2, 0.25) is 0 Å². The van der Waals surface area contributed by atoms with E-state index in [1.165, 1.54) is 16.9 Å². The number of hydrogen-bond donors (Lipinski definition) is 2. The number of ether oxygens (including phenoxy) is 1. The number of fused-ring (bicyclic) bond motifs is 3. The molecule has 0 spiro atoms. The summed E-state index contributed by atoms with van der Waals surface area (Å²) in [6.07, 6.45) is 5.45. The zero-order valence-corrected chi connectivity index (χ0v) is 16.8. The molecule has 0 radical (unpaired) electrons. The Kier molecular flexibility index (Phi) is 5.01. The average molecular weight is 449 g/mol. The van der Waals surface area contributed by atoms with Crippen molar-refractivity contribution < 1.29 is 14.6 Å². The Hall–Kier alpha value is -2.19. The molecule has 0 saturated carbocycles. The Morgan fingerprint density at radius 1 is 1.30 bits per heavy atom. The maximum Gasteiger partial charge on any atom is 0.341 e. The zero-order chi connectivity index (χ0) is 19.0. The van der Waals surface area contributed by atoms with Crippen LogP contribution in [-0.4, -0.2) is 27.7 Å². The number of nitrogens with one attached hydrogen (secondary N) is 1. The standard InChI is InChI=1S/C19H17BrN2O4S/c20-12-8-10(6-7-13(12)26-9-15(23)24)17-21-18(25)16-11-4-2-1-3-5-14(11)27-19(16)22-17/h6-8H,1-5,9H2,(H,23,24)(H,21,22,25). The summed E-state index contributed by atoms with van der Waals surface area (Å²) in [5.41, 5.74) is 1.80. The smallest absolute Gasteiger partial charge is 0.341 e. The van der Waals surface area contributed by atoms with Crippen molar-refractivity contribution in [3.8, 4) is 17.1 Å². The van der Waals surface area contributed by atoms with Gasteiger partial charge in [-0.15, -0.1) is 11.3 Å². The molecule has 2 aromatic heterocycles. The third-order valence-electron chi connectivity index (χ3n) is 4.63. The van der Waals surface area contributed by atoms with E-state index in [1.807, 2.05) is 0 Å². The van der Waals surface area contributed by atoms with Gasteiger partial charge in [-0.05, 0) is 65.4 Å². The molecule has 8 heteroatoms. The fourth-order valence-electron chi connectivity index (χ4n) is 3.38. The number of nitrogens with zero attached hydrogens (tertiary/aromatic N) is 1. The van der Waals surface area contributed by atoms with Crippen LogP contribution < -0.4 is 10.3 Å². The first-order valence-corrected chi connectivity index (χ1v) is 10.3. The Labute approximate surface area is 167 Å². The molecule has 0 fully saturated rings. The second-order valence-corrected chi connectivity index (χ2v) is 8.42. The zero-order valence-electron chi connectivity index (χ0n) is 14.4. The molecule has 140 valence electrons. The summed E-state index contributed by atoms with van der Waals surface area (Å²) in [6, 6.07) is 5.18. The molecule has 0 aliphatic heterocycles. The van der Waals surface area contributed by atoms with E-state index in [0.29, 0.717) is 16.0 Å². The molecule has 4 rings (SSSR count). The van der Waals surface area contributed by atoms with Crippen molar-refractivity contribution in [2.24, 2.45) is 0 Å². The third kappa shape index (κ3) is 3.64. The van der Waals surface area contributed by atoms with E-state index >= 15 is 0 Å². The van der Waals surface area contributed by atoms with Crippen molar-refractivity contribution in [2.75, 3.05) is 6.61 Å². The SMILES string of the molecule is O=C(O)COc1ccc(-c2nc3sc4c(c3c(=O)[nH]2)CCCCC4)cc1Br. The monoisotopic (exact) mass is 448 g/mol. The summed E-state index contributed by atoms with van der Waals surface area (Å²) in [5.74, 6) is -0.123. The molecule has 1 aliphatic carbocycles. The van der Waals surface area contributed by atoms with Crippen LogP contribution in [0.25, 0.3) is 21.6 Å². The molecule has 27 heavy (non-hydrogen) atoms. The average Bonchev–Trinajstić information content (AvgIpc) is 2.82. The second-order valence-electron chi connectivity index (χ2n) is 6.49. The number of benzene rings is 1. The second kappa shape index (κ2) is 7.44. The normalized spacial score (nSPS) is 14.0. The topological polar surface area (TPSA) is 92.3 Å². The van der Waals surface area contributed by atoms with Crippen LogP contribution in [0.15, 0.2) is 27.5 Å². The van der Waals surface area contributed by atoms with Crippen LogP contribution in [0.1, 0.15) is 29.7 Å². The number of aromatic nitrogens is 2. The number of thiophene rings is 1. The molecule has 6 nitrogen and oxygen atoms in total. The molecule has 0 atom stereocenters. The lowest BCUT2D eigenvalue weighted by Gasteiger charge is -2.08. The van der Waals surface area contributed by atoms with Gasteiger partial charge in [-0.1, -0.05) is 6.42 Å². The first-order chi connectivity index (χ1) is 13.0. The molecule has 0 amide bonds. The van der Waals surface area contributed by atoms with Gasteiger partial charge >= 0.3 is 5.97 Å². The van der Waals surface area contributed by atoms with Crippen LogP contribution in [-0.2, 0) is 17.6 Å². The summed E-state index contributed by atoms with van der Waals surface area (Å²) >= 11 is 5.00. The lowest BCUT2D eigenvalue weighted by Crippen LogP contribution is -2.11. The number of aromatic amines is 1. The molecular formula is C19H17BrN2O4S. The fourth-order valence-corrected chi connectivity index (χ4v) is 5.14. The summed E-state index contributed by atoms with van der Waals surface area (Å²) in [4.78, 5) is 33.1. The molecule has 0 unspecified atom stereocenters. The number of halogens is 1. The van der Waals surface area contributed by atoms with Crippen molar-refractivity contribution in [1.82, 2.24) is 9.97 Å². The van der Waals surface area contributed by atoms with Crippen LogP contribution in [0, 0.1) is 0 Å². The summed E-state index contributed by atoms with van der Waals surface area (Å²) in [5, 5.41) is 9.46. The maximum absolute atomic E-state index is 12.8. The van der Waals surface area contributed by atoms with E-state index in [4.69, 9.17) is 14.8 Å². The number of hydrogen-bond acceptors (Lipinski definition) is 5. The van der Waals surface area contributed by atoms with Gasteiger partial charge < -0.3 is 14.8 Å². The maximum atomic E-state index is 12.8. The van der Waals surface area contributed by atoms with Crippen molar-refractivity contribution in [2.45, 2.75) is 32.1 Å². The molecule has 1 aromatic carbocycles. The Balaban J connectivity index is 1.73. The minimum Gasteiger partial charge on any atom is -0.481 e. The number of H-pyrrole nitrogens is 1. The third-order valence-corrected chi connectivity index (χ3v) is 6.44. The molecule has 1 aliphatic rings. The predicted molar refractivity (Wildman–Crippen MR) is 108 cm³/mol. The minimum atomic E-state index is -1.04. The van der Waals surface area contributed by atoms with Crippen LogP contribution in [0.5, 0.6) is 5.75 Å². The Morgan fingerprint density at radius 2 is 2.11 bits per heavy atom. The van der Waals surface area contributed by atoms with E-state index in [-0.39, 0.29) is 5.56 Å². The number of carboxylic acid groups (broad SMARTS) is 1. The van der Waals surface area contributed by atoms with E-state index < -0.39 is 12.6 Å². The molecular weight excluding hydrogens is 432 g/mol. The van der Waals surface area contributed by atoms with E-state index in [2.05, 4.69) is 20.9 Å². The molecule has 3 aromatic rings. The number of aryl methyl sites for hydroxylation is 2. The predicted octanol–water partition coefficient (Wildman–Crippen LogP) is 4.15. The van der Waals surface area contributed by atoms with Crippen LogP contribution in [0.3, 0.4) is 0 Å². The summed E-state index contributed by atoms with van der Waals surface area (Å²) in [6.45, 7) is -0.417. The lowest BCUT2D eigenvalue weighted by atomic mass is 10.1. The first-order valence-electron chi connectivity index (χ1n) is 8.72. The van der Waals surface area contributed by atoms with Gasteiger partial charge in [-0.2, -0.15) is 0 Å². The fraction of sp³-hybridized carbons (Fsp3) is 0.316. The van der Waals surface area contributed by atoms with Crippen LogP contribution in [0.4, 0.5) is 0 Å². The number of aliphatic carboxylic acids is 1. The largest absolute Gasteiger partial charge is 0.481 e. The van der Waals surface area contributed by atoms with Crippen LogP contribution >= 0.6 is 27.3 Å². The first kappa shape index (κ1) is 18.2. The van der Waals surface area contributed by atoms with Crippen molar-refractivity contribution in [3.05, 3.63) is 43.5 Å². The van der Waals surface area contributed by atoms with Gasteiger partial charge in [0.25, 0.3) is 5.56 Å². The summed E-state index contributed by atoms with van der Waals surface area (Å²) in [7, 11) is 0. The van der Waals surface area contributed by atoms with Crippen molar-refractivity contribution in [1.29, 1.82) is 0 Å². The molecule has 0 bridgehead atoms. The van der Waals surface area contributed by atoms with Crippen molar-refractivity contribution >= 4 is 43.5 Å². The highest BCUT2D eigenvalue weighted by Crippen LogP contribution is 2.34. The van der Waals surface area contributed by atoms with Gasteiger partial charge in [0.1, 0.15) is 16.4 Å². The highest BCUT2D eigenvalue weighted by Gasteiger charge is 2.19. The number of rotatable bonds is 4. The molecule has 2 N–H and O–H groups in total. The minimum absolute atomic E-state index is 0.100. The van der Waals surface area contributed by atoms with Gasteiger partial charge in [0.05, 0.1) is 9.86 Å². The highest BCUT2D eigenvalue weighted by atomic mass is 79.9. The quantitative estimate of drug-likeness (QED) is 0.584. The van der Waals surface area contributed by atoms with Gasteiger partial charge in [-0.25, -0.2) is 9.78 Å². The number of carbonyl (C=O) groups is 1. The molecule has 2 heterocycles. The van der Waals surface area contributed by atoms with E-state index in [9.17, 15) is 9.59 Å². The van der Waals surface area contributed by atoms with Gasteiger partial charge in [0, 0.05) is 10.4 Å². The van der Waals surface area contributed by atoms with E-state index in [1.54, 1.807) is 29.5 Å². The highest BCUT2D eigenvalue weighted by molar-refractivity contribution is 9.10. The lowest BCUT2D eigenvalue weighted by molar-refractivity contribution is -0.139. The Morgan fingerprint density at radius 3 is 2.89 bits per heavy atom. The van der Waals surface area contributed by atoms with E-state index in [0.717, 1.165) is 41.5 Å². The Bertz CT molecular complexity index is 1090. The van der Waals surface area contributed by atoms with Gasteiger partial charge in [0.2, 0.25) is 0 Å². The van der Waals surface area contributed by atoms with Gasteiger partial charge in [0.15, 0.2) is 6.61 Å². The number of carboxylic acids is 1. The van der Waals surface area contributed by atoms with Gasteiger partial charge in [-0.3, -0.25) is 4.79 Å². The summed E-state index contributed by atoms with van der Waals surface area (Å²) < 4.78 is 5.82. The molecule has 0 saturated heterocycles. The van der Waals surface area contributed by atoms with Crippen molar-refractivity contribution in [3.63, 3.8) is 0 Å².